The highest BCUT2D eigenvalue weighted by atomic mass is 32.2. The van der Waals surface area contributed by atoms with Crippen LogP contribution in [0.25, 0.3) is 0 Å². The maximum atomic E-state index is 11.4. The first-order valence-corrected chi connectivity index (χ1v) is 7.45. The fraction of sp³-hybridized carbons (Fsp3) is 0.600. The van der Waals surface area contributed by atoms with E-state index in [1.165, 1.54) is 7.11 Å². The van der Waals surface area contributed by atoms with Gasteiger partial charge in [-0.3, -0.25) is 0 Å². The van der Waals surface area contributed by atoms with Gasteiger partial charge in [0.1, 0.15) is 18.2 Å². The maximum Gasteiger partial charge on any atom is 0.213 e. The Hall–Kier alpha value is -1.45. The highest BCUT2D eigenvalue weighted by Crippen LogP contribution is 2.08. The van der Waals surface area contributed by atoms with Crippen LogP contribution in [0.5, 0.6) is 0 Å². The van der Waals surface area contributed by atoms with Gasteiger partial charge in [-0.05, 0) is 0 Å². The number of sulfonamides is 1. The molecule has 0 amide bonds. The van der Waals surface area contributed by atoms with Crippen molar-refractivity contribution < 1.29 is 13.2 Å². The smallest absolute Gasteiger partial charge is 0.213 e. The highest BCUT2D eigenvalue weighted by Gasteiger charge is 2.08. The fourth-order valence-electron chi connectivity index (χ4n) is 1.41. The molecule has 0 aliphatic heterocycles. The minimum absolute atomic E-state index is 0.0373. The molecule has 1 aromatic rings. The number of aromatic nitrogens is 2. The lowest BCUT2D eigenvalue weighted by Gasteiger charge is -2.08. The molecule has 0 saturated heterocycles. The van der Waals surface area contributed by atoms with E-state index in [-0.39, 0.29) is 18.9 Å². The van der Waals surface area contributed by atoms with E-state index in [4.69, 9.17) is 10.5 Å². The summed E-state index contributed by atoms with van der Waals surface area (Å²) in [4.78, 5) is 8.13. The van der Waals surface area contributed by atoms with Crippen LogP contribution in [-0.2, 0) is 21.4 Å². The van der Waals surface area contributed by atoms with Crippen LogP contribution < -0.4 is 15.8 Å². The fourth-order valence-corrected chi connectivity index (χ4v) is 2.36. The predicted molar refractivity (Wildman–Crippen MR) is 73.1 cm³/mol. The SMILES string of the molecule is CCNS(=O)(=O)CCNc1cc(N)nc(COC)n1. The number of nitrogen functional groups attached to an aromatic ring is 1. The summed E-state index contributed by atoms with van der Waals surface area (Å²) in [6, 6.07) is 1.54. The molecule has 0 saturated carbocycles. The van der Waals surface area contributed by atoms with Gasteiger partial charge in [-0.15, -0.1) is 0 Å². The molecule has 1 heterocycles. The molecule has 0 bridgehead atoms. The summed E-state index contributed by atoms with van der Waals surface area (Å²) in [5, 5.41) is 2.89. The van der Waals surface area contributed by atoms with Crippen LogP contribution in [0.4, 0.5) is 11.6 Å². The first-order chi connectivity index (χ1) is 8.96. The van der Waals surface area contributed by atoms with Crippen LogP contribution in [-0.4, -0.2) is 44.3 Å². The second kappa shape index (κ2) is 7.22. The number of rotatable bonds is 8. The summed E-state index contributed by atoms with van der Waals surface area (Å²) >= 11 is 0. The molecule has 0 radical (unpaired) electrons. The van der Waals surface area contributed by atoms with Crippen LogP contribution in [0.2, 0.25) is 0 Å². The number of hydrogen-bond donors (Lipinski definition) is 3. The van der Waals surface area contributed by atoms with E-state index in [0.717, 1.165) is 0 Å². The Labute approximate surface area is 112 Å². The van der Waals surface area contributed by atoms with Gasteiger partial charge in [0.15, 0.2) is 5.82 Å². The summed E-state index contributed by atoms with van der Waals surface area (Å²) in [5.74, 6) is 1.19. The van der Waals surface area contributed by atoms with Crippen molar-refractivity contribution in [1.29, 1.82) is 0 Å². The summed E-state index contributed by atoms with van der Waals surface area (Å²) in [6.45, 7) is 2.58. The third-order valence-corrected chi connectivity index (χ3v) is 3.58. The van der Waals surface area contributed by atoms with Gasteiger partial charge in [-0.25, -0.2) is 23.1 Å². The van der Waals surface area contributed by atoms with Gasteiger partial charge in [0, 0.05) is 26.3 Å². The van der Waals surface area contributed by atoms with Gasteiger partial charge in [0.25, 0.3) is 0 Å². The Morgan fingerprint density at radius 2 is 2.16 bits per heavy atom. The minimum atomic E-state index is -3.24. The van der Waals surface area contributed by atoms with Crippen molar-refractivity contribution in [2.24, 2.45) is 0 Å². The number of nitrogens with two attached hydrogens (primary N) is 1. The van der Waals surface area contributed by atoms with E-state index in [9.17, 15) is 8.42 Å². The van der Waals surface area contributed by atoms with Gasteiger partial charge in [0.05, 0.1) is 5.75 Å². The molecule has 0 aromatic carbocycles. The van der Waals surface area contributed by atoms with Gasteiger partial charge in [0.2, 0.25) is 10.0 Å². The summed E-state index contributed by atoms with van der Waals surface area (Å²) in [5.41, 5.74) is 5.62. The van der Waals surface area contributed by atoms with E-state index in [1.807, 2.05) is 0 Å². The summed E-state index contributed by atoms with van der Waals surface area (Å²) in [6.07, 6.45) is 0. The molecule has 1 aromatic heterocycles. The number of nitrogens with zero attached hydrogens (tertiary/aromatic N) is 2. The monoisotopic (exact) mass is 289 g/mol. The molecule has 4 N–H and O–H groups in total. The standard InChI is InChI=1S/C10H19N5O3S/c1-3-13-19(16,17)5-4-12-9-6-8(11)14-10(15-9)7-18-2/h6,13H,3-5,7H2,1-2H3,(H3,11,12,14,15). The third kappa shape index (κ3) is 5.81. The molecule has 0 aliphatic rings. The molecule has 0 aliphatic carbocycles. The van der Waals surface area contributed by atoms with Gasteiger partial charge < -0.3 is 15.8 Å². The van der Waals surface area contributed by atoms with Gasteiger partial charge >= 0.3 is 0 Å². The molecule has 0 fully saturated rings. The largest absolute Gasteiger partial charge is 0.384 e. The number of nitrogens with one attached hydrogen (secondary N) is 2. The molecule has 0 spiro atoms. The zero-order valence-corrected chi connectivity index (χ0v) is 11.8. The first-order valence-electron chi connectivity index (χ1n) is 5.80. The van der Waals surface area contributed by atoms with Crippen LogP contribution in [0, 0.1) is 0 Å². The minimum Gasteiger partial charge on any atom is -0.384 e. The van der Waals surface area contributed by atoms with Crippen molar-refractivity contribution in [2.45, 2.75) is 13.5 Å². The Balaban J connectivity index is 2.58. The molecule has 1 rings (SSSR count). The molecule has 9 heteroatoms. The molecule has 19 heavy (non-hydrogen) atoms. The summed E-state index contributed by atoms with van der Waals surface area (Å²) < 4.78 is 30.2. The second-order valence-corrected chi connectivity index (χ2v) is 5.70. The van der Waals surface area contributed by atoms with Crippen molar-refractivity contribution >= 4 is 21.7 Å². The van der Waals surface area contributed by atoms with Crippen molar-refractivity contribution in [3.63, 3.8) is 0 Å². The highest BCUT2D eigenvalue weighted by molar-refractivity contribution is 7.89. The second-order valence-electron chi connectivity index (χ2n) is 3.77. The lowest BCUT2D eigenvalue weighted by Crippen LogP contribution is -2.29. The predicted octanol–water partition coefficient (Wildman–Crippen LogP) is -0.444. The van der Waals surface area contributed by atoms with Crippen LogP contribution in [0.1, 0.15) is 12.7 Å². The van der Waals surface area contributed by atoms with Crippen molar-refractivity contribution in [3.8, 4) is 0 Å². The quantitative estimate of drug-likeness (QED) is 0.593. The van der Waals surface area contributed by atoms with Crippen LogP contribution in [0.3, 0.4) is 0 Å². The van der Waals surface area contributed by atoms with E-state index in [0.29, 0.717) is 24.0 Å². The summed E-state index contributed by atoms with van der Waals surface area (Å²) in [7, 11) is -1.71. The molecule has 8 nitrogen and oxygen atoms in total. The lowest BCUT2D eigenvalue weighted by atomic mass is 10.5. The zero-order chi connectivity index (χ0) is 14.3. The van der Waals surface area contributed by atoms with E-state index < -0.39 is 10.0 Å². The normalized spacial score (nSPS) is 11.5. The van der Waals surface area contributed by atoms with E-state index >= 15 is 0 Å². The van der Waals surface area contributed by atoms with Crippen molar-refractivity contribution in [2.75, 3.05) is 37.0 Å². The Morgan fingerprint density at radius 1 is 1.42 bits per heavy atom. The Kier molecular flexibility index (Phi) is 5.93. The number of hydrogen-bond acceptors (Lipinski definition) is 7. The average molecular weight is 289 g/mol. The molecule has 108 valence electrons. The Morgan fingerprint density at radius 3 is 2.79 bits per heavy atom. The third-order valence-electron chi connectivity index (χ3n) is 2.11. The van der Waals surface area contributed by atoms with Crippen LogP contribution >= 0.6 is 0 Å². The van der Waals surface area contributed by atoms with E-state index in [1.54, 1.807) is 13.0 Å². The topological polar surface area (TPSA) is 119 Å². The zero-order valence-electron chi connectivity index (χ0n) is 11.0. The number of methoxy groups -OCH3 is 1. The van der Waals surface area contributed by atoms with Crippen molar-refractivity contribution in [3.05, 3.63) is 11.9 Å². The molecule has 0 unspecified atom stereocenters. The van der Waals surface area contributed by atoms with Gasteiger partial charge in [-0.2, -0.15) is 0 Å². The Bertz CT molecular complexity index is 506. The lowest BCUT2D eigenvalue weighted by molar-refractivity contribution is 0.178. The first kappa shape index (κ1) is 15.6. The maximum absolute atomic E-state index is 11.4. The van der Waals surface area contributed by atoms with Crippen LogP contribution in [0.15, 0.2) is 6.07 Å². The average Bonchev–Trinajstić information content (AvgIpc) is 2.28. The molecular weight excluding hydrogens is 270 g/mol. The van der Waals surface area contributed by atoms with E-state index in [2.05, 4.69) is 20.0 Å². The van der Waals surface area contributed by atoms with Gasteiger partial charge in [-0.1, -0.05) is 6.92 Å². The molecular formula is C10H19N5O3S. The number of ether oxygens (including phenoxy) is 1. The molecule has 0 atom stereocenters. The van der Waals surface area contributed by atoms with Crippen molar-refractivity contribution in [1.82, 2.24) is 14.7 Å². The number of anilines is 2.